The normalized spacial score (nSPS) is 34.1. The molecule has 1 aliphatic heterocycles. The van der Waals surface area contributed by atoms with E-state index in [-0.39, 0.29) is 17.0 Å². The first-order valence-electron chi connectivity index (χ1n) is 7.31. The molecule has 0 bridgehead atoms. The summed E-state index contributed by atoms with van der Waals surface area (Å²) in [4.78, 5) is 13.9. The molecule has 2 aliphatic rings. The second-order valence-corrected chi connectivity index (χ2v) is 8.54. The van der Waals surface area contributed by atoms with E-state index in [9.17, 15) is 13.2 Å². The number of ketones is 1. The lowest BCUT2D eigenvalue weighted by Gasteiger charge is -2.41. The van der Waals surface area contributed by atoms with Crippen molar-refractivity contribution in [1.82, 2.24) is 4.90 Å². The Bertz CT molecular complexity index is 432. The summed E-state index contributed by atoms with van der Waals surface area (Å²) in [5, 5.41) is -0.177. The fraction of sp³-hybridized carbons (Fsp3) is 0.929. The highest BCUT2D eigenvalue weighted by atomic mass is 32.2. The number of piperidine rings is 1. The summed E-state index contributed by atoms with van der Waals surface area (Å²) >= 11 is 0. The molecule has 1 heterocycles. The molecule has 1 aliphatic carbocycles. The molecule has 1 saturated heterocycles. The third-order valence-corrected chi connectivity index (χ3v) is 6.39. The van der Waals surface area contributed by atoms with Crippen LogP contribution in [0.15, 0.2) is 0 Å². The molecule has 0 N–H and O–H groups in total. The first kappa shape index (κ1) is 15.0. The molecule has 110 valence electrons. The second kappa shape index (κ2) is 5.92. The van der Waals surface area contributed by atoms with Crippen LogP contribution in [0, 0.1) is 5.92 Å². The van der Waals surface area contributed by atoms with Crippen molar-refractivity contribution in [1.29, 1.82) is 0 Å². The van der Waals surface area contributed by atoms with E-state index >= 15 is 0 Å². The maximum atomic E-state index is 11.7. The van der Waals surface area contributed by atoms with E-state index in [1.165, 1.54) is 6.26 Å². The fourth-order valence-corrected chi connectivity index (χ4v) is 4.68. The maximum Gasteiger partial charge on any atom is 0.150 e. The van der Waals surface area contributed by atoms with Crippen LogP contribution in [0.1, 0.15) is 45.4 Å². The molecular weight excluding hydrogens is 262 g/mol. The van der Waals surface area contributed by atoms with E-state index in [1.807, 2.05) is 0 Å². The number of sulfone groups is 1. The van der Waals surface area contributed by atoms with Gasteiger partial charge in [0, 0.05) is 24.8 Å². The Kier molecular flexibility index (Phi) is 4.66. The average molecular weight is 287 g/mol. The number of carbonyl (C=O) groups is 1. The van der Waals surface area contributed by atoms with Crippen LogP contribution in [0.5, 0.6) is 0 Å². The van der Waals surface area contributed by atoms with Crippen molar-refractivity contribution in [2.75, 3.05) is 19.3 Å². The predicted molar refractivity (Wildman–Crippen MR) is 75.9 cm³/mol. The van der Waals surface area contributed by atoms with Gasteiger partial charge in [-0.05, 0) is 45.6 Å². The minimum absolute atomic E-state index is 0.160. The van der Waals surface area contributed by atoms with Gasteiger partial charge in [-0.1, -0.05) is 6.42 Å². The van der Waals surface area contributed by atoms with Crippen LogP contribution >= 0.6 is 0 Å². The van der Waals surface area contributed by atoms with E-state index in [2.05, 4.69) is 4.90 Å². The van der Waals surface area contributed by atoms with Gasteiger partial charge >= 0.3 is 0 Å². The van der Waals surface area contributed by atoms with E-state index in [1.54, 1.807) is 6.92 Å². The molecule has 0 spiro atoms. The zero-order chi connectivity index (χ0) is 14.0. The lowest BCUT2D eigenvalue weighted by Crippen LogP contribution is -2.47. The Balaban J connectivity index is 1.99. The molecule has 4 nitrogen and oxygen atoms in total. The van der Waals surface area contributed by atoms with Gasteiger partial charge in [-0.3, -0.25) is 9.69 Å². The summed E-state index contributed by atoms with van der Waals surface area (Å²) in [6.07, 6.45) is 7.04. The van der Waals surface area contributed by atoms with Crippen LogP contribution in [0.25, 0.3) is 0 Å². The third-order valence-electron chi connectivity index (χ3n) is 4.75. The van der Waals surface area contributed by atoms with Crippen LogP contribution in [-0.2, 0) is 14.6 Å². The molecule has 0 aromatic carbocycles. The van der Waals surface area contributed by atoms with Crippen LogP contribution in [-0.4, -0.2) is 49.7 Å². The zero-order valence-electron chi connectivity index (χ0n) is 12.0. The van der Waals surface area contributed by atoms with Gasteiger partial charge in [-0.2, -0.15) is 0 Å². The summed E-state index contributed by atoms with van der Waals surface area (Å²) in [5.41, 5.74) is 0. The minimum atomic E-state index is -2.92. The van der Waals surface area contributed by atoms with Crippen LogP contribution < -0.4 is 0 Å². The van der Waals surface area contributed by atoms with E-state index in [4.69, 9.17) is 0 Å². The van der Waals surface area contributed by atoms with Gasteiger partial charge in [0.2, 0.25) is 0 Å². The van der Waals surface area contributed by atoms with E-state index in [0.717, 1.165) is 51.6 Å². The number of Topliss-reactive ketones (excluding diaryl/α,β-unsaturated/α-hetero) is 1. The number of hydrogen-bond donors (Lipinski definition) is 0. The van der Waals surface area contributed by atoms with Crippen molar-refractivity contribution in [3.63, 3.8) is 0 Å². The molecule has 5 heteroatoms. The third kappa shape index (κ3) is 3.78. The van der Waals surface area contributed by atoms with Gasteiger partial charge in [0.1, 0.15) is 15.6 Å². The standard InChI is InChI=1S/C14H25NO3S/c1-11(16)12-5-4-8-15(10-12)13-6-3-7-14(9-13)19(2,17)18/h12-14H,3-10H2,1-2H3. The van der Waals surface area contributed by atoms with E-state index < -0.39 is 9.84 Å². The molecule has 0 aromatic rings. The monoisotopic (exact) mass is 287 g/mol. The van der Waals surface area contributed by atoms with Gasteiger partial charge in [0.15, 0.2) is 0 Å². The van der Waals surface area contributed by atoms with Gasteiger partial charge in [-0.25, -0.2) is 8.42 Å². The maximum absolute atomic E-state index is 11.7. The summed E-state index contributed by atoms with van der Waals surface area (Å²) in [5.74, 6) is 0.438. The van der Waals surface area contributed by atoms with Crippen molar-refractivity contribution < 1.29 is 13.2 Å². The van der Waals surface area contributed by atoms with Crippen molar-refractivity contribution in [2.45, 2.75) is 56.7 Å². The Hall–Kier alpha value is -0.420. The zero-order valence-corrected chi connectivity index (χ0v) is 12.8. The largest absolute Gasteiger partial charge is 0.300 e. The predicted octanol–water partition coefficient (Wildman–Crippen LogP) is 1.64. The second-order valence-electron chi connectivity index (χ2n) is 6.22. The van der Waals surface area contributed by atoms with Crippen molar-refractivity contribution in [3.05, 3.63) is 0 Å². The van der Waals surface area contributed by atoms with Crippen LogP contribution in [0.2, 0.25) is 0 Å². The first-order chi connectivity index (χ1) is 8.88. The van der Waals surface area contributed by atoms with Crippen LogP contribution in [0.4, 0.5) is 0 Å². The summed E-state index contributed by atoms with van der Waals surface area (Å²) in [6, 6.07) is 0.357. The number of likely N-dealkylation sites (tertiary alicyclic amines) is 1. The van der Waals surface area contributed by atoms with Crippen LogP contribution in [0.3, 0.4) is 0 Å². The lowest BCUT2D eigenvalue weighted by molar-refractivity contribution is -0.122. The van der Waals surface area contributed by atoms with Gasteiger partial charge in [-0.15, -0.1) is 0 Å². The smallest absolute Gasteiger partial charge is 0.150 e. The molecule has 2 fully saturated rings. The number of hydrogen-bond acceptors (Lipinski definition) is 4. The Morgan fingerprint density at radius 3 is 2.53 bits per heavy atom. The summed E-state index contributed by atoms with van der Waals surface area (Å²) in [7, 11) is -2.92. The molecule has 0 amide bonds. The quantitative estimate of drug-likeness (QED) is 0.792. The minimum Gasteiger partial charge on any atom is -0.300 e. The van der Waals surface area contributed by atoms with E-state index in [0.29, 0.717) is 6.04 Å². The Labute approximate surface area is 116 Å². The molecule has 3 unspecified atom stereocenters. The summed E-state index contributed by atoms with van der Waals surface area (Å²) < 4.78 is 23.4. The SMILES string of the molecule is CC(=O)C1CCCN(C2CCCC(S(C)(=O)=O)C2)C1. The highest BCUT2D eigenvalue weighted by Crippen LogP contribution is 2.30. The van der Waals surface area contributed by atoms with Gasteiger partial charge in [0.05, 0.1) is 5.25 Å². The average Bonchev–Trinajstić information content (AvgIpc) is 2.38. The van der Waals surface area contributed by atoms with Crippen molar-refractivity contribution in [3.8, 4) is 0 Å². The topological polar surface area (TPSA) is 54.5 Å². The van der Waals surface area contributed by atoms with Crippen molar-refractivity contribution >= 4 is 15.6 Å². The molecule has 1 saturated carbocycles. The Morgan fingerprint density at radius 2 is 1.89 bits per heavy atom. The number of rotatable bonds is 3. The highest BCUT2D eigenvalue weighted by molar-refractivity contribution is 7.91. The fourth-order valence-electron chi connectivity index (χ4n) is 3.51. The molecule has 0 radical (unpaired) electrons. The summed E-state index contributed by atoms with van der Waals surface area (Å²) in [6.45, 7) is 3.52. The number of nitrogens with zero attached hydrogens (tertiary/aromatic N) is 1. The molecule has 0 aromatic heterocycles. The van der Waals surface area contributed by atoms with Crippen molar-refractivity contribution in [2.24, 2.45) is 5.92 Å². The lowest BCUT2D eigenvalue weighted by atomic mass is 9.89. The molecule has 2 rings (SSSR count). The molecular formula is C14H25NO3S. The number of carbonyl (C=O) groups excluding carboxylic acids is 1. The highest BCUT2D eigenvalue weighted by Gasteiger charge is 2.34. The Morgan fingerprint density at radius 1 is 1.16 bits per heavy atom. The first-order valence-corrected chi connectivity index (χ1v) is 9.26. The van der Waals surface area contributed by atoms with Gasteiger partial charge in [0.25, 0.3) is 0 Å². The van der Waals surface area contributed by atoms with Gasteiger partial charge < -0.3 is 0 Å². The molecule has 19 heavy (non-hydrogen) atoms. The molecule has 3 atom stereocenters.